The Bertz CT molecular complexity index is 269. The van der Waals surface area contributed by atoms with E-state index in [9.17, 15) is 4.79 Å². The number of fused-ring (bicyclic) bond motifs is 2. The van der Waals surface area contributed by atoms with Crippen LogP contribution in [0.2, 0.25) is 0 Å². The monoisotopic (exact) mass is 209 g/mol. The molecule has 2 rings (SSSR count). The molecule has 0 aromatic carbocycles. The van der Waals surface area contributed by atoms with Gasteiger partial charge in [-0.1, -0.05) is 19.1 Å². The summed E-state index contributed by atoms with van der Waals surface area (Å²) < 4.78 is 5.25. The quantitative estimate of drug-likeness (QED) is 0.621. The lowest BCUT2D eigenvalue weighted by molar-refractivity contribution is 0.0470. The van der Waals surface area contributed by atoms with Crippen LogP contribution in [0.5, 0.6) is 0 Å². The number of hydrogen-bond donors (Lipinski definition) is 0. The zero-order valence-electron chi connectivity index (χ0n) is 9.64. The fourth-order valence-corrected chi connectivity index (χ4v) is 2.53. The number of piperidine rings is 1. The van der Waals surface area contributed by atoms with Gasteiger partial charge in [0.15, 0.2) is 0 Å². The first-order valence-electron chi connectivity index (χ1n) is 5.75. The van der Waals surface area contributed by atoms with Crippen LogP contribution < -0.4 is 0 Å². The van der Waals surface area contributed by atoms with Crippen LogP contribution in [-0.4, -0.2) is 29.2 Å². The zero-order chi connectivity index (χ0) is 11.0. The summed E-state index contributed by atoms with van der Waals surface area (Å²) in [5.41, 5.74) is 0. The molecular formula is C12H19NO2. The lowest BCUT2D eigenvalue weighted by Gasteiger charge is -2.37. The Morgan fingerprint density at radius 2 is 1.87 bits per heavy atom. The largest absolute Gasteiger partial charge is 0.447 e. The Labute approximate surface area is 91.1 Å². The highest BCUT2D eigenvalue weighted by molar-refractivity contribution is 5.70. The molecular weight excluding hydrogens is 190 g/mol. The summed E-state index contributed by atoms with van der Waals surface area (Å²) in [5.74, 6) is 0.707. The SMILES string of the molecule is CC1CC2C=CC(C1)N2C(=O)OC(C)C. The minimum absolute atomic E-state index is 0.0313. The zero-order valence-corrected chi connectivity index (χ0v) is 9.64. The van der Waals surface area contributed by atoms with Crippen molar-refractivity contribution in [2.24, 2.45) is 5.92 Å². The number of carbonyl (C=O) groups excluding carboxylic acids is 1. The van der Waals surface area contributed by atoms with Gasteiger partial charge in [-0.2, -0.15) is 0 Å². The second-order valence-electron chi connectivity index (χ2n) is 4.94. The molecule has 3 nitrogen and oxygen atoms in total. The third-order valence-electron chi connectivity index (χ3n) is 3.11. The van der Waals surface area contributed by atoms with Gasteiger partial charge in [0.05, 0.1) is 18.2 Å². The predicted molar refractivity (Wildman–Crippen MR) is 58.6 cm³/mol. The number of nitrogens with zero attached hydrogens (tertiary/aromatic N) is 1. The van der Waals surface area contributed by atoms with Crippen molar-refractivity contribution in [2.45, 2.75) is 51.8 Å². The van der Waals surface area contributed by atoms with E-state index in [1.165, 1.54) is 0 Å². The predicted octanol–water partition coefficient (Wildman–Crippen LogP) is 2.57. The van der Waals surface area contributed by atoms with E-state index < -0.39 is 0 Å². The lowest BCUT2D eigenvalue weighted by Crippen LogP contribution is -2.47. The molecule has 0 spiro atoms. The number of carbonyl (C=O) groups is 1. The topological polar surface area (TPSA) is 29.5 Å². The van der Waals surface area contributed by atoms with Crippen LogP contribution in [0.3, 0.4) is 0 Å². The minimum atomic E-state index is -0.156. The highest BCUT2D eigenvalue weighted by Crippen LogP contribution is 2.34. The standard InChI is InChI=1S/C12H19NO2/c1-8(2)15-12(14)13-10-4-5-11(13)7-9(3)6-10/h4-5,8-11H,6-7H2,1-3H3. The number of rotatable bonds is 1. The molecule has 84 valence electrons. The summed E-state index contributed by atoms with van der Waals surface area (Å²) in [4.78, 5) is 13.7. The van der Waals surface area contributed by atoms with E-state index in [2.05, 4.69) is 19.1 Å². The average Bonchev–Trinajstić information content (AvgIpc) is 2.38. The van der Waals surface area contributed by atoms with Crippen LogP contribution >= 0.6 is 0 Å². The first kappa shape index (κ1) is 10.5. The van der Waals surface area contributed by atoms with Crippen molar-refractivity contribution in [2.75, 3.05) is 0 Å². The Hall–Kier alpha value is -0.990. The van der Waals surface area contributed by atoms with Gasteiger partial charge in [-0.05, 0) is 32.6 Å². The number of ether oxygens (including phenoxy) is 1. The average molecular weight is 209 g/mol. The molecule has 2 aliphatic heterocycles. The molecule has 15 heavy (non-hydrogen) atoms. The van der Waals surface area contributed by atoms with Crippen LogP contribution in [-0.2, 0) is 4.74 Å². The van der Waals surface area contributed by atoms with Crippen molar-refractivity contribution in [3.8, 4) is 0 Å². The molecule has 1 amide bonds. The summed E-state index contributed by atoms with van der Waals surface area (Å²) in [6.07, 6.45) is 6.25. The maximum atomic E-state index is 11.8. The smallest absolute Gasteiger partial charge is 0.411 e. The Balaban J connectivity index is 2.03. The van der Waals surface area contributed by atoms with Crippen molar-refractivity contribution in [1.29, 1.82) is 0 Å². The van der Waals surface area contributed by atoms with Crippen LogP contribution in [0.15, 0.2) is 12.2 Å². The van der Waals surface area contributed by atoms with Gasteiger partial charge in [0.2, 0.25) is 0 Å². The van der Waals surface area contributed by atoms with Gasteiger partial charge in [0.1, 0.15) is 0 Å². The Kier molecular flexibility index (Phi) is 2.72. The molecule has 2 aliphatic rings. The fourth-order valence-electron chi connectivity index (χ4n) is 2.53. The van der Waals surface area contributed by atoms with E-state index in [1.54, 1.807) is 0 Å². The van der Waals surface area contributed by atoms with E-state index in [4.69, 9.17) is 4.74 Å². The molecule has 1 fully saturated rings. The molecule has 0 saturated carbocycles. The molecule has 0 N–H and O–H groups in total. The molecule has 0 aliphatic carbocycles. The summed E-state index contributed by atoms with van der Waals surface area (Å²) in [6, 6.07) is 0.537. The Morgan fingerprint density at radius 1 is 1.33 bits per heavy atom. The first-order valence-corrected chi connectivity index (χ1v) is 5.75. The highest BCUT2D eigenvalue weighted by atomic mass is 16.6. The molecule has 2 atom stereocenters. The first-order chi connectivity index (χ1) is 7.08. The third-order valence-corrected chi connectivity index (χ3v) is 3.11. The van der Waals surface area contributed by atoms with E-state index >= 15 is 0 Å². The van der Waals surface area contributed by atoms with Gasteiger partial charge in [-0.3, -0.25) is 4.90 Å². The van der Waals surface area contributed by atoms with Crippen molar-refractivity contribution >= 4 is 6.09 Å². The highest BCUT2D eigenvalue weighted by Gasteiger charge is 2.39. The van der Waals surface area contributed by atoms with E-state index in [-0.39, 0.29) is 24.3 Å². The molecule has 2 unspecified atom stereocenters. The molecule has 3 heteroatoms. The van der Waals surface area contributed by atoms with Crippen LogP contribution in [0.25, 0.3) is 0 Å². The lowest BCUT2D eigenvalue weighted by atomic mass is 9.92. The van der Waals surface area contributed by atoms with Gasteiger partial charge in [0, 0.05) is 0 Å². The second kappa shape index (κ2) is 3.87. The maximum absolute atomic E-state index is 11.8. The molecule has 0 aromatic heterocycles. The summed E-state index contributed by atoms with van der Waals surface area (Å²) in [6.45, 7) is 6.03. The fraction of sp³-hybridized carbons (Fsp3) is 0.750. The van der Waals surface area contributed by atoms with Crippen molar-refractivity contribution in [3.63, 3.8) is 0 Å². The normalized spacial score (nSPS) is 33.6. The Morgan fingerprint density at radius 3 is 2.33 bits per heavy atom. The van der Waals surface area contributed by atoms with E-state index in [1.807, 2.05) is 18.7 Å². The van der Waals surface area contributed by atoms with Gasteiger partial charge >= 0.3 is 6.09 Å². The van der Waals surface area contributed by atoms with Gasteiger partial charge in [-0.15, -0.1) is 0 Å². The van der Waals surface area contributed by atoms with Crippen LogP contribution in [0, 0.1) is 5.92 Å². The van der Waals surface area contributed by atoms with E-state index in [0.717, 1.165) is 12.8 Å². The minimum Gasteiger partial charge on any atom is -0.447 e. The molecule has 2 heterocycles. The maximum Gasteiger partial charge on any atom is 0.411 e. The van der Waals surface area contributed by atoms with Crippen molar-refractivity contribution in [3.05, 3.63) is 12.2 Å². The second-order valence-corrected chi connectivity index (χ2v) is 4.94. The molecule has 2 bridgehead atoms. The summed E-state index contributed by atoms with van der Waals surface area (Å²) in [7, 11) is 0. The number of amides is 1. The molecule has 1 saturated heterocycles. The van der Waals surface area contributed by atoms with Crippen molar-refractivity contribution in [1.82, 2.24) is 4.90 Å². The van der Waals surface area contributed by atoms with Crippen LogP contribution in [0.1, 0.15) is 33.6 Å². The summed E-state index contributed by atoms with van der Waals surface area (Å²) in [5, 5.41) is 0. The van der Waals surface area contributed by atoms with Crippen molar-refractivity contribution < 1.29 is 9.53 Å². The summed E-state index contributed by atoms with van der Waals surface area (Å²) >= 11 is 0. The molecule has 0 radical (unpaired) electrons. The number of hydrogen-bond acceptors (Lipinski definition) is 2. The third kappa shape index (κ3) is 2.01. The van der Waals surface area contributed by atoms with Gasteiger partial charge in [-0.25, -0.2) is 4.79 Å². The molecule has 0 aromatic rings. The van der Waals surface area contributed by atoms with Gasteiger partial charge < -0.3 is 4.74 Å². The van der Waals surface area contributed by atoms with Gasteiger partial charge in [0.25, 0.3) is 0 Å². The van der Waals surface area contributed by atoms with Crippen LogP contribution in [0.4, 0.5) is 4.79 Å². The van der Waals surface area contributed by atoms with E-state index in [0.29, 0.717) is 5.92 Å².